The molecular weight excluding hydrogens is 242 g/mol. The Morgan fingerprint density at radius 1 is 1.42 bits per heavy atom. The lowest BCUT2D eigenvalue weighted by Gasteiger charge is -2.37. The average Bonchev–Trinajstić information content (AvgIpc) is 2.38. The smallest absolute Gasteiger partial charge is 0.323 e. The van der Waals surface area contributed by atoms with Gasteiger partial charge in [-0.25, -0.2) is 0 Å². The first-order chi connectivity index (χ1) is 8.89. The van der Waals surface area contributed by atoms with Crippen molar-refractivity contribution in [3.8, 4) is 0 Å². The number of piperazine rings is 1. The van der Waals surface area contributed by atoms with Crippen LogP contribution in [0.4, 0.5) is 0 Å². The SMILES string of the molecule is CNC(C)(CCCCN1CCN(C)C(C)C1)C(=O)O. The summed E-state index contributed by atoms with van der Waals surface area (Å²) in [5.74, 6) is -0.761. The van der Waals surface area contributed by atoms with Crippen LogP contribution in [0.25, 0.3) is 0 Å². The van der Waals surface area contributed by atoms with E-state index in [1.807, 2.05) is 0 Å². The van der Waals surface area contributed by atoms with Crippen molar-refractivity contribution in [2.24, 2.45) is 0 Å². The highest BCUT2D eigenvalue weighted by atomic mass is 16.4. The number of carboxylic acid groups (broad SMARTS) is 1. The van der Waals surface area contributed by atoms with E-state index in [4.69, 9.17) is 5.11 Å². The summed E-state index contributed by atoms with van der Waals surface area (Å²) in [5.41, 5.74) is -0.782. The Morgan fingerprint density at radius 3 is 2.63 bits per heavy atom. The van der Waals surface area contributed by atoms with E-state index in [-0.39, 0.29) is 0 Å². The molecule has 1 rings (SSSR count). The van der Waals surface area contributed by atoms with Gasteiger partial charge in [0.05, 0.1) is 0 Å². The van der Waals surface area contributed by atoms with Gasteiger partial charge in [-0.15, -0.1) is 0 Å². The molecule has 0 saturated carbocycles. The van der Waals surface area contributed by atoms with Crippen LogP contribution in [0.5, 0.6) is 0 Å². The standard InChI is InChI=1S/C14H29N3O2/c1-12-11-17(10-9-16(12)4)8-6-5-7-14(2,15-3)13(18)19/h12,15H,5-11H2,1-4H3,(H,18,19). The maximum atomic E-state index is 11.1. The predicted octanol–water partition coefficient (Wildman–Crippen LogP) is 0.855. The number of likely N-dealkylation sites (N-methyl/N-ethyl adjacent to an activating group) is 2. The van der Waals surface area contributed by atoms with Gasteiger partial charge in [-0.2, -0.15) is 0 Å². The number of aliphatic carboxylic acids is 1. The molecule has 0 radical (unpaired) electrons. The van der Waals surface area contributed by atoms with Crippen LogP contribution in [0.3, 0.4) is 0 Å². The van der Waals surface area contributed by atoms with E-state index in [0.29, 0.717) is 12.5 Å². The normalized spacial score (nSPS) is 25.2. The van der Waals surface area contributed by atoms with E-state index in [2.05, 4.69) is 29.1 Å². The van der Waals surface area contributed by atoms with Crippen molar-refractivity contribution < 1.29 is 9.90 Å². The second kappa shape index (κ2) is 7.22. The van der Waals surface area contributed by atoms with Gasteiger partial charge in [0.1, 0.15) is 5.54 Å². The van der Waals surface area contributed by atoms with Crippen LogP contribution < -0.4 is 5.32 Å². The van der Waals surface area contributed by atoms with Gasteiger partial charge >= 0.3 is 5.97 Å². The zero-order valence-corrected chi connectivity index (χ0v) is 12.8. The van der Waals surface area contributed by atoms with Crippen LogP contribution in [-0.4, -0.2) is 72.7 Å². The van der Waals surface area contributed by atoms with Gasteiger partial charge in [0, 0.05) is 25.7 Å². The minimum Gasteiger partial charge on any atom is -0.480 e. The fourth-order valence-corrected chi connectivity index (χ4v) is 2.48. The Hall–Kier alpha value is -0.650. The summed E-state index contributed by atoms with van der Waals surface area (Å²) in [6, 6.07) is 0.621. The molecule has 5 nitrogen and oxygen atoms in total. The highest BCUT2D eigenvalue weighted by Gasteiger charge is 2.30. The monoisotopic (exact) mass is 271 g/mol. The molecule has 19 heavy (non-hydrogen) atoms. The van der Waals surface area contributed by atoms with Gasteiger partial charge in [-0.05, 0) is 53.8 Å². The third-order valence-electron chi connectivity index (χ3n) is 4.47. The van der Waals surface area contributed by atoms with Gasteiger partial charge in [-0.1, -0.05) is 0 Å². The largest absolute Gasteiger partial charge is 0.480 e. The topological polar surface area (TPSA) is 55.8 Å². The predicted molar refractivity (Wildman–Crippen MR) is 77.5 cm³/mol. The minimum absolute atomic E-state index is 0.621. The number of nitrogens with zero attached hydrogens (tertiary/aromatic N) is 2. The Bertz CT molecular complexity index is 298. The van der Waals surface area contributed by atoms with Crippen LogP contribution in [-0.2, 0) is 4.79 Å². The molecule has 1 saturated heterocycles. The molecule has 1 aliphatic rings. The highest BCUT2D eigenvalue weighted by Crippen LogP contribution is 2.15. The summed E-state index contributed by atoms with van der Waals surface area (Å²) < 4.78 is 0. The van der Waals surface area contributed by atoms with E-state index < -0.39 is 11.5 Å². The molecule has 0 bridgehead atoms. The molecule has 2 N–H and O–H groups in total. The summed E-state index contributed by atoms with van der Waals surface area (Å²) in [7, 11) is 3.89. The molecule has 1 heterocycles. The molecule has 0 aromatic carbocycles. The molecule has 0 amide bonds. The van der Waals surface area contributed by atoms with Crippen molar-refractivity contribution in [1.82, 2.24) is 15.1 Å². The first-order valence-electron chi connectivity index (χ1n) is 7.24. The second-order valence-corrected chi connectivity index (χ2v) is 5.97. The molecule has 2 atom stereocenters. The molecule has 0 aromatic rings. The number of nitrogens with one attached hydrogen (secondary N) is 1. The fraction of sp³-hybridized carbons (Fsp3) is 0.929. The van der Waals surface area contributed by atoms with Crippen molar-refractivity contribution in [1.29, 1.82) is 0 Å². The molecule has 0 aromatic heterocycles. The fourth-order valence-electron chi connectivity index (χ4n) is 2.48. The molecular formula is C14H29N3O2. The van der Waals surface area contributed by atoms with E-state index in [0.717, 1.165) is 39.0 Å². The summed E-state index contributed by atoms with van der Waals surface area (Å²) in [5, 5.41) is 12.1. The van der Waals surface area contributed by atoms with E-state index in [9.17, 15) is 4.79 Å². The third-order valence-corrected chi connectivity index (χ3v) is 4.47. The van der Waals surface area contributed by atoms with Crippen LogP contribution in [0.15, 0.2) is 0 Å². The lowest BCUT2D eigenvalue weighted by molar-refractivity contribution is -0.144. The lowest BCUT2D eigenvalue weighted by atomic mass is 9.95. The molecule has 0 spiro atoms. The highest BCUT2D eigenvalue weighted by molar-refractivity contribution is 5.78. The van der Waals surface area contributed by atoms with Gasteiger partial charge in [0.25, 0.3) is 0 Å². The van der Waals surface area contributed by atoms with Crippen molar-refractivity contribution in [2.75, 3.05) is 40.3 Å². The Balaban J connectivity index is 2.22. The summed E-state index contributed by atoms with van der Waals surface area (Å²) in [6.07, 6.45) is 2.70. The lowest BCUT2D eigenvalue weighted by Crippen LogP contribution is -2.50. The molecule has 2 unspecified atom stereocenters. The van der Waals surface area contributed by atoms with Crippen LogP contribution >= 0.6 is 0 Å². The Morgan fingerprint density at radius 2 is 2.11 bits per heavy atom. The average molecular weight is 271 g/mol. The minimum atomic E-state index is -0.782. The number of carbonyl (C=O) groups is 1. The number of hydrogen-bond donors (Lipinski definition) is 2. The Kier molecular flexibility index (Phi) is 6.23. The quantitative estimate of drug-likeness (QED) is 0.673. The Labute approximate surface area is 117 Å². The van der Waals surface area contributed by atoms with Crippen LogP contribution in [0.1, 0.15) is 33.1 Å². The molecule has 5 heteroatoms. The van der Waals surface area contributed by atoms with Gasteiger partial charge in [0.15, 0.2) is 0 Å². The molecule has 1 aliphatic heterocycles. The molecule has 112 valence electrons. The zero-order valence-electron chi connectivity index (χ0n) is 12.8. The van der Waals surface area contributed by atoms with Crippen molar-refractivity contribution in [2.45, 2.75) is 44.7 Å². The van der Waals surface area contributed by atoms with Crippen molar-refractivity contribution >= 4 is 5.97 Å². The van der Waals surface area contributed by atoms with E-state index in [1.165, 1.54) is 0 Å². The number of rotatable bonds is 7. The first-order valence-corrected chi connectivity index (χ1v) is 7.24. The summed E-state index contributed by atoms with van der Waals surface area (Å²) in [4.78, 5) is 16.0. The first kappa shape index (κ1) is 16.4. The second-order valence-electron chi connectivity index (χ2n) is 5.97. The number of hydrogen-bond acceptors (Lipinski definition) is 4. The van der Waals surface area contributed by atoms with E-state index >= 15 is 0 Å². The van der Waals surface area contributed by atoms with Crippen molar-refractivity contribution in [3.63, 3.8) is 0 Å². The van der Waals surface area contributed by atoms with Gasteiger partial charge < -0.3 is 20.2 Å². The third kappa shape index (κ3) is 4.75. The summed E-state index contributed by atoms with van der Waals surface area (Å²) in [6.45, 7) is 8.48. The molecule has 1 fully saturated rings. The zero-order chi connectivity index (χ0) is 14.5. The van der Waals surface area contributed by atoms with Crippen molar-refractivity contribution in [3.05, 3.63) is 0 Å². The maximum absolute atomic E-state index is 11.1. The van der Waals surface area contributed by atoms with Crippen LogP contribution in [0, 0.1) is 0 Å². The van der Waals surface area contributed by atoms with Gasteiger partial charge in [0.2, 0.25) is 0 Å². The van der Waals surface area contributed by atoms with Gasteiger partial charge in [-0.3, -0.25) is 4.79 Å². The number of carboxylic acids is 1. The number of unbranched alkanes of at least 4 members (excludes halogenated alkanes) is 1. The summed E-state index contributed by atoms with van der Waals surface area (Å²) >= 11 is 0. The van der Waals surface area contributed by atoms with Crippen LogP contribution in [0.2, 0.25) is 0 Å². The van der Waals surface area contributed by atoms with E-state index in [1.54, 1.807) is 14.0 Å². The maximum Gasteiger partial charge on any atom is 0.323 e. The molecule has 0 aliphatic carbocycles.